The Labute approximate surface area is 160 Å². The lowest BCUT2D eigenvalue weighted by Crippen LogP contribution is -1.89. The zero-order valence-electron chi connectivity index (χ0n) is 13.6. The van der Waals surface area contributed by atoms with Gasteiger partial charge in [-0.15, -0.1) is 0 Å². The summed E-state index contributed by atoms with van der Waals surface area (Å²) in [5.74, 6) is 1.59. The smallest absolute Gasteiger partial charge is 0.269 e. The lowest BCUT2D eigenvalue weighted by Gasteiger charge is -2.04. The van der Waals surface area contributed by atoms with E-state index in [9.17, 15) is 15.2 Å². The molecule has 0 aliphatic rings. The van der Waals surface area contributed by atoms with Gasteiger partial charge in [0, 0.05) is 28.2 Å². The first-order valence-corrected chi connectivity index (χ1v) is 8.56. The number of benzene rings is 2. The quantitative estimate of drug-likeness (QED) is 0.358. The summed E-state index contributed by atoms with van der Waals surface area (Å²) in [6, 6.07) is 12.4. The lowest BCUT2D eigenvalue weighted by atomic mass is 10.2. The normalized spacial score (nSPS) is 10.9. The van der Waals surface area contributed by atoms with Gasteiger partial charge in [0.15, 0.2) is 5.65 Å². The van der Waals surface area contributed by atoms with Crippen LogP contribution in [-0.4, -0.2) is 25.0 Å². The maximum Gasteiger partial charge on any atom is 0.269 e. The number of phenols is 1. The Morgan fingerprint density at radius 2 is 1.89 bits per heavy atom. The van der Waals surface area contributed by atoms with E-state index in [1.165, 1.54) is 30.5 Å². The number of nitrogens with zero attached hydrogens (tertiary/aromatic N) is 3. The predicted octanol–water partition coefficient (Wildman–Crippen LogP) is 4.79. The Morgan fingerprint density at radius 1 is 1.11 bits per heavy atom. The van der Waals surface area contributed by atoms with Crippen LogP contribution in [0.3, 0.4) is 0 Å². The highest BCUT2D eigenvalue weighted by molar-refractivity contribution is 9.10. The number of nitro groups is 1. The molecule has 0 radical (unpaired) electrons. The van der Waals surface area contributed by atoms with E-state index in [0.29, 0.717) is 34.1 Å². The third-order valence-corrected chi connectivity index (χ3v) is 4.49. The van der Waals surface area contributed by atoms with E-state index in [-0.39, 0.29) is 11.4 Å². The molecule has 0 spiro atoms. The van der Waals surface area contributed by atoms with Gasteiger partial charge in [-0.3, -0.25) is 10.1 Å². The molecule has 4 aromatic rings. The van der Waals surface area contributed by atoms with Crippen LogP contribution >= 0.6 is 15.9 Å². The van der Waals surface area contributed by atoms with Gasteiger partial charge in [-0.25, -0.2) is 9.97 Å². The first-order chi connectivity index (χ1) is 13.0. The van der Waals surface area contributed by atoms with Crippen LogP contribution in [0.4, 0.5) is 5.69 Å². The number of non-ortho nitro benzene ring substituents is 1. The van der Waals surface area contributed by atoms with E-state index in [2.05, 4.69) is 30.9 Å². The Morgan fingerprint density at radius 3 is 2.63 bits per heavy atom. The van der Waals surface area contributed by atoms with Crippen LogP contribution < -0.4 is 4.74 Å². The van der Waals surface area contributed by atoms with Crippen molar-refractivity contribution in [1.29, 1.82) is 0 Å². The summed E-state index contributed by atoms with van der Waals surface area (Å²) in [4.78, 5) is 22.1. The van der Waals surface area contributed by atoms with Crippen LogP contribution in [-0.2, 0) is 0 Å². The average Bonchev–Trinajstić information content (AvgIpc) is 3.07. The van der Waals surface area contributed by atoms with E-state index in [1.54, 1.807) is 24.3 Å². The number of hydrogen-bond donors (Lipinski definition) is 2. The van der Waals surface area contributed by atoms with Crippen LogP contribution in [0.5, 0.6) is 17.2 Å². The molecule has 0 unspecified atom stereocenters. The van der Waals surface area contributed by atoms with Crippen LogP contribution in [0.1, 0.15) is 0 Å². The number of rotatable bonds is 4. The van der Waals surface area contributed by atoms with Crippen molar-refractivity contribution in [3.05, 3.63) is 69.3 Å². The standard InChI is InChI=1S/C18H11BrN4O4/c19-15-6-3-11(24)7-14(15)17-21-16-8-13(9-20-18(16)22-17)27-12-4-1-10(2-5-12)23(25)26/h1-9,24H,(H,20,21,22). The maximum atomic E-state index is 10.7. The van der Waals surface area contributed by atoms with Crippen molar-refractivity contribution in [2.45, 2.75) is 0 Å². The first kappa shape index (κ1) is 17.0. The Balaban J connectivity index is 1.64. The number of ether oxygens (including phenoxy) is 1. The Bertz CT molecular complexity index is 1160. The molecule has 27 heavy (non-hydrogen) atoms. The second-order valence-electron chi connectivity index (χ2n) is 5.64. The number of hydrogen-bond acceptors (Lipinski definition) is 6. The monoisotopic (exact) mass is 426 g/mol. The molecule has 0 aliphatic heterocycles. The number of pyridine rings is 1. The summed E-state index contributed by atoms with van der Waals surface area (Å²) >= 11 is 3.43. The van der Waals surface area contributed by atoms with E-state index in [1.807, 2.05) is 0 Å². The van der Waals surface area contributed by atoms with Crippen molar-refractivity contribution >= 4 is 32.8 Å². The van der Waals surface area contributed by atoms with E-state index < -0.39 is 4.92 Å². The lowest BCUT2D eigenvalue weighted by molar-refractivity contribution is -0.384. The fourth-order valence-corrected chi connectivity index (χ4v) is 2.97. The number of aromatic nitrogens is 3. The number of phenolic OH excluding ortho intramolecular Hbond substituents is 1. The molecule has 0 atom stereocenters. The number of nitro benzene ring substituents is 1. The summed E-state index contributed by atoms with van der Waals surface area (Å²) in [6.07, 6.45) is 1.52. The highest BCUT2D eigenvalue weighted by Crippen LogP contribution is 2.31. The molecule has 0 aliphatic carbocycles. The number of imidazole rings is 1. The van der Waals surface area contributed by atoms with Gasteiger partial charge in [0.2, 0.25) is 0 Å². The van der Waals surface area contributed by atoms with Gasteiger partial charge in [0.05, 0.1) is 16.6 Å². The van der Waals surface area contributed by atoms with Gasteiger partial charge in [-0.2, -0.15) is 0 Å². The summed E-state index contributed by atoms with van der Waals surface area (Å²) in [6.45, 7) is 0. The zero-order chi connectivity index (χ0) is 19.0. The molecule has 2 aromatic heterocycles. The fraction of sp³-hybridized carbons (Fsp3) is 0. The number of fused-ring (bicyclic) bond motifs is 1. The molecule has 0 fully saturated rings. The average molecular weight is 427 g/mol. The molecule has 0 amide bonds. The summed E-state index contributed by atoms with van der Waals surface area (Å²) in [5.41, 5.74) is 1.84. The van der Waals surface area contributed by atoms with Crippen LogP contribution in [0.25, 0.3) is 22.6 Å². The van der Waals surface area contributed by atoms with Gasteiger partial charge >= 0.3 is 0 Å². The predicted molar refractivity (Wildman–Crippen MR) is 102 cm³/mol. The maximum absolute atomic E-state index is 10.7. The minimum atomic E-state index is -0.469. The van der Waals surface area contributed by atoms with Gasteiger partial charge in [0.1, 0.15) is 23.1 Å². The fourth-order valence-electron chi connectivity index (χ4n) is 2.53. The van der Waals surface area contributed by atoms with Gasteiger partial charge in [0.25, 0.3) is 5.69 Å². The summed E-state index contributed by atoms with van der Waals surface area (Å²) in [7, 11) is 0. The Kier molecular flexibility index (Phi) is 4.21. The molecular formula is C18H11BrN4O4. The van der Waals surface area contributed by atoms with Crippen molar-refractivity contribution in [3.63, 3.8) is 0 Å². The van der Waals surface area contributed by atoms with Crippen LogP contribution in [0, 0.1) is 10.1 Å². The molecule has 2 heterocycles. The number of nitrogens with one attached hydrogen (secondary N) is 1. The second-order valence-corrected chi connectivity index (χ2v) is 6.50. The number of H-pyrrole nitrogens is 1. The van der Waals surface area contributed by atoms with Crippen LogP contribution in [0.15, 0.2) is 59.2 Å². The van der Waals surface area contributed by atoms with Gasteiger partial charge in [-0.05, 0) is 30.3 Å². The molecular weight excluding hydrogens is 416 g/mol. The van der Waals surface area contributed by atoms with Crippen molar-refractivity contribution in [2.75, 3.05) is 0 Å². The topological polar surface area (TPSA) is 114 Å². The number of aromatic amines is 1. The molecule has 2 aromatic carbocycles. The first-order valence-electron chi connectivity index (χ1n) is 7.76. The molecule has 0 saturated heterocycles. The SMILES string of the molecule is O=[N+]([O-])c1ccc(Oc2cnc3nc(-c4cc(O)ccc4Br)[nH]c3c2)cc1. The Hall–Kier alpha value is -3.46. The minimum absolute atomic E-state index is 0.00849. The molecule has 0 bridgehead atoms. The van der Waals surface area contributed by atoms with E-state index >= 15 is 0 Å². The third-order valence-electron chi connectivity index (χ3n) is 3.80. The van der Waals surface area contributed by atoms with Gasteiger partial charge in [-0.1, -0.05) is 15.9 Å². The van der Waals surface area contributed by atoms with Gasteiger partial charge < -0.3 is 14.8 Å². The molecule has 0 saturated carbocycles. The van der Waals surface area contributed by atoms with Crippen molar-refractivity contribution in [2.24, 2.45) is 0 Å². The molecule has 134 valence electrons. The minimum Gasteiger partial charge on any atom is -0.508 e. The van der Waals surface area contributed by atoms with Crippen molar-refractivity contribution in [1.82, 2.24) is 15.0 Å². The van der Waals surface area contributed by atoms with E-state index in [0.717, 1.165) is 4.47 Å². The highest BCUT2D eigenvalue weighted by atomic mass is 79.9. The second kappa shape index (κ2) is 6.69. The zero-order valence-corrected chi connectivity index (χ0v) is 15.2. The summed E-state index contributed by atoms with van der Waals surface area (Å²) < 4.78 is 6.48. The molecule has 9 heteroatoms. The van der Waals surface area contributed by atoms with E-state index in [4.69, 9.17) is 4.74 Å². The van der Waals surface area contributed by atoms with Crippen LogP contribution in [0.2, 0.25) is 0 Å². The molecule has 8 nitrogen and oxygen atoms in total. The number of aromatic hydroxyl groups is 1. The highest BCUT2D eigenvalue weighted by Gasteiger charge is 2.12. The van der Waals surface area contributed by atoms with Crippen molar-refractivity contribution in [3.8, 4) is 28.6 Å². The molecule has 2 N–H and O–H groups in total. The third kappa shape index (κ3) is 3.44. The van der Waals surface area contributed by atoms with Crippen molar-refractivity contribution < 1.29 is 14.8 Å². The summed E-state index contributed by atoms with van der Waals surface area (Å²) in [5, 5.41) is 20.4. The molecule has 4 rings (SSSR count). The number of halogens is 1. The largest absolute Gasteiger partial charge is 0.508 e.